The first-order valence-corrected chi connectivity index (χ1v) is 8.30. The average Bonchev–Trinajstić information content (AvgIpc) is 3.07. The second kappa shape index (κ2) is 6.32. The molecule has 0 aliphatic carbocycles. The highest BCUT2D eigenvalue weighted by Crippen LogP contribution is 2.34. The van der Waals surface area contributed by atoms with E-state index >= 15 is 0 Å². The van der Waals surface area contributed by atoms with E-state index in [4.69, 9.17) is 16.0 Å². The van der Waals surface area contributed by atoms with E-state index in [0.29, 0.717) is 5.58 Å². The smallest absolute Gasteiger partial charge is 0.416 e. The van der Waals surface area contributed by atoms with E-state index in [0.717, 1.165) is 34.4 Å². The molecule has 4 rings (SSSR count). The van der Waals surface area contributed by atoms with Gasteiger partial charge in [0.2, 0.25) is 0 Å². The molecule has 7 heteroatoms. The minimum absolute atomic E-state index is 0.00193. The molecule has 1 N–H and O–H groups in total. The van der Waals surface area contributed by atoms with Gasteiger partial charge in [0.05, 0.1) is 16.3 Å². The van der Waals surface area contributed by atoms with E-state index < -0.39 is 17.6 Å². The Morgan fingerprint density at radius 3 is 2.52 bits per heavy atom. The summed E-state index contributed by atoms with van der Waals surface area (Å²) in [5, 5.41) is 5.02. The third-order valence-electron chi connectivity index (χ3n) is 4.19. The molecule has 0 aliphatic rings. The van der Waals surface area contributed by atoms with Crippen LogP contribution in [0, 0.1) is 0 Å². The minimum atomic E-state index is -4.54. The lowest BCUT2D eigenvalue weighted by molar-refractivity contribution is -0.137. The summed E-state index contributed by atoms with van der Waals surface area (Å²) in [6.45, 7) is 0. The number of hydrogen-bond donors (Lipinski definition) is 1. The van der Waals surface area contributed by atoms with Crippen LogP contribution >= 0.6 is 11.6 Å². The Hall–Kier alpha value is -2.99. The average molecular weight is 390 g/mol. The van der Waals surface area contributed by atoms with Gasteiger partial charge in [0.25, 0.3) is 5.91 Å². The molecule has 3 aromatic carbocycles. The third kappa shape index (κ3) is 3.24. The van der Waals surface area contributed by atoms with Gasteiger partial charge >= 0.3 is 6.18 Å². The number of anilines is 1. The Labute approximate surface area is 156 Å². The standard InChI is InChI=1S/C20H11ClF3NO2/c21-15-7-6-12(20(22,23)24)9-16(15)25-19(26)18-10-14-13-4-2-1-3-11(13)5-8-17(14)27-18/h1-10H,(H,25,26). The molecular formula is C20H11ClF3NO2. The minimum Gasteiger partial charge on any atom is -0.451 e. The number of nitrogens with one attached hydrogen (secondary N) is 1. The first kappa shape index (κ1) is 17.4. The predicted octanol–water partition coefficient (Wildman–Crippen LogP) is 6.51. The van der Waals surface area contributed by atoms with E-state index in [1.165, 1.54) is 0 Å². The lowest BCUT2D eigenvalue weighted by Gasteiger charge is -2.10. The van der Waals surface area contributed by atoms with Crippen molar-refractivity contribution in [2.45, 2.75) is 6.18 Å². The Balaban J connectivity index is 1.71. The van der Waals surface area contributed by atoms with Crippen molar-refractivity contribution < 1.29 is 22.4 Å². The lowest BCUT2D eigenvalue weighted by Crippen LogP contribution is -2.13. The fourth-order valence-corrected chi connectivity index (χ4v) is 3.05. The van der Waals surface area contributed by atoms with E-state index in [1.807, 2.05) is 30.3 Å². The van der Waals surface area contributed by atoms with Crippen LogP contribution in [0.1, 0.15) is 16.1 Å². The molecule has 0 aliphatic heterocycles. The molecule has 1 aromatic heterocycles. The number of rotatable bonds is 2. The van der Waals surface area contributed by atoms with Crippen LogP contribution in [0.5, 0.6) is 0 Å². The lowest BCUT2D eigenvalue weighted by atomic mass is 10.1. The van der Waals surface area contributed by atoms with E-state index in [2.05, 4.69) is 5.32 Å². The maximum absolute atomic E-state index is 12.9. The molecule has 0 atom stereocenters. The van der Waals surface area contributed by atoms with E-state index in [1.54, 1.807) is 12.1 Å². The number of hydrogen-bond acceptors (Lipinski definition) is 2. The van der Waals surface area contributed by atoms with Crippen molar-refractivity contribution in [1.82, 2.24) is 0 Å². The third-order valence-corrected chi connectivity index (χ3v) is 4.52. The van der Waals surface area contributed by atoms with Gasteiger partial charge in [-0.1, -0.05) is 41.9 Å². The number of halogens is 4. The maximum Gasteiger partial charge on any atom is 0.416 e. The fourth-order valence-electron chi connectivity index (χ4n) is 2.89. The van der Waals surface area contributed by atoms with Crippen LogP contribution in [0.4, 0.5) is 18.9 Å². The molecule has 0 saturated carbocycles. The highest BCUT2D eigenvalue weighted by atomic mass is 35.5. The van der Waals surface area contributed by atoms with Crippen LogP contribution in [-0.4, -0.2) is 5.91 Å². The molecule has 3 nitrogen and oxygen atoms in total. The summed E-state index contributed by atoms with van der Waals surface area (Å²) in [6.07, 6.45) is -4.54. The Kier molecular flexibility index (Phi) is 4.08. The summed E-state index contributed by atoms with van der Waals surface area (Å²) < 4.78 is 44.2. The van der Waals surface area contributed by atoms with Crippen molar-refractivity contribution in [2.75, 3.05) is 5.32 Å². The predicted molar refractivity (Wildman–Crippen MR) is 98.1 cm³/mol. The van der Waals surface area contributed by atoms with Gasteiger partial charge < -0.3 is 9.73 Å². The van der Waals surface area contributed by atoms with Gasteiger partial charge in [-0.3, -0.25) is 4.79 Å². The summed E-state index contributed by atoms with van der Waals surface area (Å²) in [7, 11) is 0. The van der Waals surface area contributed by atoms with Gasteiger partial charge in [-0.2, -0.15) is 13.2 Å². The Morgan fingerprint density at radius 1 is 0.963 bits per heavy atom. The summed E-state index contributed by atoms with van der Waals surface area (Å²) >= 11 is 5.92. The largest absolute Gasteiger partial charge is 0.451 e. The number of fused-ring (bicyclic) bond motifs is 3. The molecule has 1 amide bonds. The Morgan fingerprint density at radius 2 is 1.74 bits per heavy atom. The zero-order chi connectivity index (χ0) is 19.2. The van der Waals surface area contributed by atoms with E-state index in [-0.39, 0.29) is 16.5 Å². The first-order chi connectivity index (χ1) is 12.8. The SMILES string of the molecule is O=C(Nc1cc(C(F)(F)F)ccc1Cl)c1cc2c(ccc3ccccc32)o1. The van der Waals surface area contributed by atoms with Gasteiger partial charge in [-0.25, -0.2) is 0 Å². The molecule has 0 radical (unpaired) electrons. The highest BCUT2D eigenvalue weighted by Gasteiger charge is 2.31. The Bertz CT molecular complexity index is 1180. The highest BCUT2D eigenvalue weighted by molar-refractivity contribution is 6.34. The van der Waals surface area contributed by atoms with Gasteiger partial charge in [0, 0.05) is 5.39 Å². The van der Waals surface area contributed by atoms with Gasteiger partial charge in [-0.05, 0) is 41.1 Å². The van der Waals surface area contributed by atoms with Crippen molar-refractivity contribution in [3.8, 4) is 0 Å². The van der Waals surface area contributed by atoms with Crippen LogP contribution < -0.4 is 5.32 Å². The topological polar surface area (TPSA) is 42.2 Å². The molecule has 1 heterocycles. The quantitative estimate of drug-likeness (QED) is 0.424. The van der Waals surface area contributed by atoms with Crippen molar-refractivity contribution in [3.05, 3.63) is 77.0 Å². The molecular weight excluding hydrogens is 379 g/mol. The second-order valence-corrected chi connectivity index (χ2v) is 6.36. The maximum atomic E-state index is 12.9. The zero-order valence-electron chi connectivity index (χ0n) is 13.6. The molecule has 0 spiro atoms. The van der Waals surface area contributed by atoms with Gasteiger partial charge in [0.15, 0.2) is 5.76 Å². The van der Waals surface area contributed by atoms with Crippen LogP contribution in [-0.2, 0) is 6.18 Å². The van der Waals surface area contributed by atoms with Crippen molar-refractivity contribution in [2.24, 2.45) is 0 Å². The van der Waals surface area contributed by atoms with E-state index in [9.17, 15) is 18.0 Å². The number of carbonyl (C=O) groups is 1. The zero-order valence-corrected chi connectivity index (χ0v) is 14.4. The number of furan rings is 1. The van der Waals surface area contributed by atoms with Crippen molar-refractivity contribution in [3.63, 3.8) is 0 Å². The number of amides is 1. The van der Waals surface area contributed by atoms with Crippen LogP contribution in [0.25, 0.3) is 21.7 Å². The van der Waals surface area contributed by atoms with Crippen LogP contribution in [0.2, 0.25) is 5.02 Å². The van der Waals surface area contributed by atoms with Crippen molar-refractivity contribution in [1.29, 1.82) is 0 Å². The molecule has 4 aromatic rings. The fraction of sp³-hybridized carbons (Fsp3) is 0.0500. The second-order valence-electron chi connectivity index (χ2n) is 5.96. The molecule has 0 fully saturated rings. The van der Waals surface area contributed by atoms with Crippen LogP contribution in [0.3, 0.4) is 0 Å². The molecule has 0 saturated heterocycles. The summed E-state index contributed by atoms with van der Waals surface area (Å²) in [4.78, 5) is 12.5. The normalized spacial score (nSPS) is 11.9. The summed E-state index contributed by atoms with van der Waals surface area (Å²) in [5.41, 5.74) is -0.534. The van der Waals surface area contributed by atoms with Gasteiger partial charge in [-0.15, -0.1) is 0 Å². The number of alkyl halides is 3. The molecule has 136 valence electrons. The monoisotopic (exact) mass is 389 g/mol. The van der Waals surface area contributed by atoms with Crippen LogP contribution in [0.15, 0.2) is 65.1 Å². The summed E-state index contributed by atoms with van der Waals surface area (Å²) in [6, 6.07) is 15.5. The molecule has 0 bridgehead atoms. The summed E-state index contributed by atoms with van der Waals surface area (Å²) in [5.74, 6) is -0.702. The van der Waals surface area contributed by atoms with Crippen molar-refractivity contribution >= 4 is 44.9 Å². The molecule has 27 heavy (non-hydrogen) atoms. The van der Waals surface area contributed by atoms with Gasteiger partial charge in [0.1, 0.15) is 5.58 Å². The number of benzene rings is 3. The number of carbonyl (C=O) groups excluding carboxylic acids is 1. The molecule has 0 unspecified atom stereocenters. The first-order valence-electron chi connectivity index (χ1n) is 7.92.